The van der Waals surface area contributed by atoms with Crippen LogP contribution >= 0.6 is 0 Å². The van der Waals surface area contributed by atoms with E-state index >= 15 is 0 Å². The van der Waals surface area contributed by atoms with Crippen LogP contribution in [-0.4, -0.2) is 10.7 Å². The molecule has 0 heterocycles. The zero-order valence-electron chi connectivity index (χ0n) is 6.19. The fourth-order valence-electron chi connectivity index (χ4n) is 0.828. The summed E-state index contributed by atoms with van der Waals surface area (Å²) < 4.78 is 0. The molecule has 0 fully saturated rings. The van der Waals surface area contributed by atoms with Gasteiger partial charge in [-0.15, -0.1) is 0 Å². The molecule has 1 aliphatic rings. The first-order chi connectivity index (χ1) is 4.13. The number of aliphatic hydroxyl groups is 1. The number of allylic oxidation sites excluding steroid dienone is 2. The second kappa shape index (κ2) is 3.38. The van der Waals surface area contributed by atoms with Crippen molar-refractivity contribution >= 4 is 0 Å². The van der Waals surface area contributed by atoms with Crippen molar-refractivity contribution in [3.63, 3.8) is 0 Å². The molecule has 0 saturated carbocycles. The normalized spacial score (nSPS) is 37.3. The van der Waals surface area contributed by atoms with Crippen molar-refractivity contribution in [1.82, 2.24) is 0 Å². The van der Waals surface area contributed by atoms with Gasteiger partial charge in [-0.25, -0.2) is 0 Å². The minimum atomic E-state index is -0.630. The van der Waals surface area contributed by atoms with Crippen LogP contribution in [0.4, 0.5) is 0 Å². The summed E-state index contributed by atoms with van der Waals surface area (Å²) in [5.74, 6) is 0.238. The Labute approximate surface area is 72.3 Å². The average molecular weight is 180 g/mol. The molecule has 2 atom stereocenters. The molecule has 0 aromatic heterocycles. The van der Waals surface area contributed by atoms with E-state index in [-0.39, 0.29) is 23.0 Å². The van der Waals surface area contributed by atoms with Crippen LogP contribution < -0.4 is 0 Å². The number of hydrogen-bond acceptors (Lipinski definition) is 1. The summed E-state index contributed by atoms with van der Waals surface area (Å²) >= 11 is 0. The van der Waals surface area contributed by atoms with Gasteiger partial charge in [0.15, 0.2) is 0 Å². The molecular formula is C8H12FeO. The summed E-state index contributed by atoms with van der Waals surface area (Å²) in [6.07, 6.45) is 7.65. The zero-order valence-corrected chi connectivity index (χ0v) is 7.29. The Morgan fingerprint density at radius 2 is 2.00 bits per heavy atom. The van der Waals surface area contributed by atoms with Crippen molar-refractivity contribution in [2.24, 2.45) is 5.92 Å². The first-order valence-corrected chi connectivity index (χ1v) is 3.21. The van der Waals surface area contributed by atoms with Gasteiger partial charge in [0.2, 0.25) is 0 Å². The van der Waals surface area contributed by atoms with Crippen molar-refractivity contribution in [1.29, 1.82) is 0 Å². The van der Waals surface area contributed by atoms with E-state index in [1.54, 1.807) is 0 Å². The van der Waals surface area contributed by atoms with Gasteiger partial charge in [-0.1, -0.05) is 31.2 Å². The molecule has 2 unspecified atom stereocenters. The monoisotopic (exact) mass is 180 g/mol. The minimum Gasteiger partial charge on any atom is -0.385 e. The van der Waals surface area contributed by atoms with Crippen LogP contribution in [0, 0.1) is 5.92 Å². The van der Waals surface area contributed by atoms with Crippen LogP contribution in [0.1, 0.15) is 13.8 Å². The largest absolute Gasteiger partial charge is 0.385 e. The molecule has 1 nitrogen and oxygen atoms in total. The van der Waals surface area contributed by atoms with E-state index in [2.05, 4.69) is 0 Å². The smallest absolute Gasteiger partial charge is 0.0862 e. The summed E-state index contributed by atoms with van der Waals surface area (Å²) in [4.78, 5) is 0. The molecule has 0 aromatic carbocycles. The van der Waals surface area contributed by atoms with Crippen LogP contribution in [0.15, 0.2) is 24.3 Å². The summed E-state index contributed by atoms with van der Waals surface area (Å²) in [5.41, 5.74) is -0.630. The van der Waals surface area contributed by atoms with Gasteiger partial charge in [0.05, 0.1) is 5.60 Å². The molecule has 0 aliphatic heterocycles. The summed E-state index contributed by atoms with van der Waals surface area (Å²) in [6.45, 7) is 3.82. The maximum absolute atomic E-state index is 9.50. The molecule has 0 spiro atoms. The third-order valence-corrected chi connectivity index (χ3v) is 1.87. The molecule has 2 heteroatoms. The van der Waals surface area contributed by atoms with Gasteiger partial charge in [-0.2, -0.15) is 0 Å². The molecule has 10 heavy (non-hydrogen) atoms. The number of rotatable bonds is 0. The van der Waals surface area contributed by atoms with Gasteiger partial charge in [-0.05, 0) is 6.92 Å². The Bertz CT molecular complexity index is 159. The van der Waals surface area contributed by atoms with Crippen LogP contribution in [0.2, 0.25) is 0 Å². The summed E-state index contributed by atoms with van der Waals surface area (Å²) in [5, 5.41) is 9.50. The molecule has 0 bridgehead atoms. The average Bonchev–Trinajstić information content (AvgIpc) is 1.77. The summed E-state index contributed by atoms with van der Waals surface area (Å²) in [7, 11) is 0. The van der Waals surface area contributed by atoms with Crippen LogP contribution in [0.5, 0.6) is 0 Å². The Hall–Kier alpha value is -0.0405. The van der Waals surface area contributed by atoms with E-state index < -0.39 is 5.60 Å². The molecule has 1 rings (SSSR count). The quantitative estimate of drug-likeness (QED) is 0.560. The third kappa shape index (κ3) is 1.98. The molecular weight excluding hydrogens is 168 g/mol. The number of hydrogen-bond donors (Lipinski definition) is 1. The van der Waals surface area contributed by atoms with Gasteiger partial charge in [0.25, 0.3) is 0 Å². The van der Waals surface area contributed by atoms with Gasteiger partial charge < -0.3 is 5.11 Å². The Balaban J connectivity index is 0.000000810. The van der Waals surface area contributed by atoms with Crippen LogP contribution in [0.25, 0.3) is 0 Å². The second-order valence-electron chi connectivity index (χ2n) is 2.76. The zero-order chi connectivity index (χ0) is 6.91. The van der Waals surface area contributed by atoms with E-state index in [1.165, 1.54) is 0 Å². The maximum Gasteiger partial charge on any atom is 0.0862 e. The maximum atomic E-state index is 9.50. The molecule has 0 aromatic rings. The molecule has 0 amide bonds. The van der Waals surface area contributed by atoms with Crippen LogP contribution in [-0.2, 0) is 17.1 Å². The standard InChI is InChI=1S/C8H12O.Fe/c1-7-5-3-4-6-8(7,2)9;/h3-7,9H,1-2H3;. The summed E-state index contributed by atoms with van der Waals surface area (Å²) in [6, 6.07) is 0. The van der Waals surface area contributed by atoms with E-state index in [0.29, 0.717) is 0 Å². The molecule has 0 saturated heterocycles. The fourth-order valence-corrected chi connectivity index (χ4v) is 0.828. The van der Waals surface area contributed by atoms with Gasteiger partial charge in [0, 0.05) is 23.0 Å². The predicted molar refractivity (Wildman–Crippen MR) is 38.1 cm³/mol. The fraction of sp³-hybridized carbons (Fsp3) is 0.500. The van der Waals surface area contributed by atoms with Crippen molar-refractivity contribution in [2.45, 2.75) is 19.4 Å². The Morgan fingerprint density at radius 1 is 1.40 bits per heavy atom. The minimum absolute atomic E-state index is 0. The molecule has 0 radical (unpaired) electrons. The second-order valence-corrected chi connectivity index (χ2v) is 2.76. The first kappa shape index (κ1) is 9.96. The van der Waals surface area contributed by atoms with Crippen molar-refractivity contribution < 1.29 is 22.2 Å². The Kier molecular flexibility index (Phi) is 3.37. The molecule has 1 aliphatic carbocycles. The van der Waals surface area contributed by atoms with Gasteiger partial charge >= 0.3 is 0 Å². The molecule has 58 valence electrons. The van der Waals surface area contributed by atoms with Crippen molar-refractivity contribution in [2.75, 3.05) is 0 Å². The van der Waals surface area contributed by atoms with E-state index in [1.807, 2.05) is 38.2 Å². The van der Waals surface area contributed by atoms with E-state index in [4.69, 9.17) is 0 Å². The Morgan fingerprint density at radius 3 is 2.30 bits per heavy atom. The first-order valence-electron chi connectivity index (χ1n) is 3.21. The molecule has 1 N–H and O–H groups in total. The predicted octanol–water partition coefficient (Wildman–Crippen LogP) is 1.50. The van der Waals surface area contributed by atoms with E-state index in [0.717, 1.165) is 0 Å². The van der Waals surface area contributed by atoms with Gasteiger partial charge in [-0.3, -0.25) is 0 Å². The van der Waals surface area contributed by atoms with Crippen LogP contribution in [0.3, 0.4) is 0 Å². The van der Waals surface area contributed by atoms with Gasteiger partial charge in [0.1, 0.15) is 0 Å². The third-order valence-electron chi connectivity index (χ3n) is 1.87. The van der Waals surface area contributed by atoms with E-state index in [9.17, 15) is 5.11 Å². The van der Waals surface area contributed by atoms with Crippen molar-refractivity contribution in [3.8, 4) is 0 Å². The van der Waals surface area contributed by atoms with Crippen molar-refractivity contribution in [3.05, 3.63) is 24.3 Å². The topological polar surface area (TPSA) is 20.2 Å². The SMILES string of the molecule is CC1C=CC=CC1(C)O.[Fe].